The molecule has 0 saturated carbocycles. The number of ketones is 1. The number of methoxy groups -OCH3 is 2. The molecule has 0 saturated heterocycles. The maximum Gasteiger partial charge on any atom is 0.154 e. The second-order valence-corrected chi connectivity index (χ2v) is 7.28. The van der Waals surface area contributed by atoms with E-state index in [0.717, 1.165) is 53.4 Å². The maximum atomic E-state index is 12.0. The molecule has 4 nitrogen and oxygen atoms in total. The topological polar surface area (TPSA) is 38.8 Å². The molecule has 0 amide bonds. The van der Waals surface area contributed by atoms with Crippen molar-refractivity contribution in [1.29, 1.82) is 0 Å². The largest absolute Gasteiger partial charge is 0.497 e. The Bertz CT molecular complexity index is 870. The summed E-state index contributed by atoms with van der Waals surface area (Å²) in [7, 11) is 3.35. The lowest BCUT2D eigenvalue weighted by Gasteiger charge is -2.34. The van der Waals surface area contributed by atoms with Crippen molar-refractivity contribution in [3.63, 3.8) is 0 Å². The molecular weight excluding hydrogens is 362 g/mol. The summed E-state index contributed by atoms with van der Waals surface area (Å²) >= 11 is 0. The summed E-state index contributed by atoms with van der Waals surface area (Å²) in [4.78, 5) is 14.2. The number of anilines is 1. The standard InChI is InChI=1S/C22H25NO3.C3H8/c1-15-12-18(25-3)7-9-20(15)22(13-16(2)24)23-11-5-6-17-14-19(26-4)8-10-21(17)23;1-3-2/h7-10,12-14H,5-6,11H2,1-4H3;3H2,1-2H3/b22-13+;. The highest BCUT2D eigenvalue weighted by molar-refractivity contribution is 5.99. The number of nitrogens with zero attached hydrogens (tertiary/aromatic N) is 1. The van der Waals surface area contributed by atoms with Gasteiger partial charge in [-0.1, -0.05) is 20.3 Å². The molecule has 0 fully saturated rings. The molecule has 0 N–H and O–H groups in total. The highest BCUT2D eigenvalue weighted by Gasteiger charge is 2.23. The summed E-state index contributed by atoms with van der Waals surface area (Å²) < 4.78 is 10.7. The van der Waals surface area contributed by atoms with Crippen molar-refractivity contribution in [2.75, 3.05) is 25.7 Å². The third-order valence-electron chi connectivity index (χ3n) is 4.75. The number of allylic oxidation sites excluding steroid dienone is 1. The Hall–Kier alpha value is -2.75. The number of ether oxygens (including phenoxy) is 2. The van der Waals surface area contributed by atoms with Crippen molar-refractivity contribution in [3.05, 3.63) is 59.2 Å². The zero-order valence-electron chi connectivity index (χ0n) is 18.5. The number of hydrogen-bond acceptors (Lipinski definition) is 4. The van der Waals surface area contributed by atoms with E-state index in [1.807, 2.05) is 31.2 Å². The molecule has 2 aromatic carbocycles. The number of benzene rings is 2. The highest BCUT2D eigenvalue weighted by atomic mass is 16.5. The average molecular weight is 396 g/mol. The van der Waals surface area contributed by atoms with Crippen molar-refractivity contribution in [1.82, 2.24) is 0 Å². The van der Waals surface area contributed by atoms with Gasteiger partial charge >= 0.3 is 0 Å². The van der Waals surface area contributed by atoms with Crippen molar-refractivity contribution in [2.45, 2.75) is 47.0 Å². The number of carbonyl (C=O) groups excluding carboxylic acids is 1. The van der Waals surface area contributed by atoms with Gasteiger partial charge in [0.2, 0.25) is 0 Å². The van der Waals surface area contributed by atoms with Crippen LogP contribution < -0.4 is 14.4 Å². The first-order chi connectivity index (χ1) is 13.9. The number of hydrogen-bond donors (Lipinski definition) is 0. The fraction of sp³-hybridized carbons (Fsp3) is 0.400. The zero-order chi connectivity index (χ0) is 21.4. The van der Waals surface area contributed by atoms with Crippen LogP contribution in [0.15, 0.2) is 42.5 Å². The first-order valence-corrected chi connectivity index (χ1v) is 10.3. The van der Waals surface area contributed by atoms with Gasteiger partial charge in [0.25, 0.3) is 0 Å². The summed E-state index contributed by atoms with van der Waals surface area (Å²) in [6.07, 6.45) is 5.02. The summed E-state index contributed by atoms with van der Waals surface area (Å²) in [5, 5.41) is 0. The van der Waals surface area contributed by atoms with Crippen molar-refractivity contribution >= 4 is 17.2 Å². The second-order valence-electron chi connectivity index (χ2n) is 7.28. The average Bonchev–Trinajstić information content (AvgIpc) is 2.71. The molecule has 0 spiro atoms. The van der Waals surface area contributed by atoms with Crippen LogP contribution in [0.3, 0.4) is 0 Å². The Labute approximate surface area is 175 Å². The highest BCUT2D eigenvalue weighted by Crippen LogP contribution is 2.37. The molecule has 0 radical (unpaired) electrons. The monoisotopic (exact) mass is 395 g/mol. The van der Waals surface area contributed by atoms with Crippen molar-refractivity contribution < 1.29 is 14.3 Å². The van der Waals surface area contributed by atoms with E-state index in [2.05, 4.69) is 30.9 Å². The molecule has 0 unspecified atom stereocenters. The van der Waals surface area contributed by atoms with E-state index in [1.165, 1.54) is 12.0 Å². The normalized spacial score (nSPS) is 13.2. The van der Waals surface area contributed by atoms with Gasteiger partial charge < -0.3 is 14.4 Å². The van der Waals surface area contributed by atoms with E-state index in [1.54, 1.807) is 27.2 Å². The minimum absolute atomic E-state index is 0.0378. The van der Waals surface area contributed by atoms with Crippen LogP contribution in [0.25, 0.3) is 5.70 Å². The molecule has 3 rings (SSSR count). The van der Waals surface area contributed by atoms with Gasteiger partial charge in [-0.2, -0.15) is 0 Å². The Balaban J connectivity index is 0.000000941. The fourth-order valence-corrected chi connectivity index (χ4v) is 3.49. The zero-order valence-corrected chi connectivity index (χ0v) is 18.5. The SMILES string of the molecule is CCC.COc1ccc(/C(=C\C(C)=O)N2CCCc3cc(OC)ccc32)c(C)c1. The Morgan fingerprint density at radius 2 is 1.69 bits per heavy atom. The van der Waals surface area contributed by atoms with Crippen molar-refractivity contribution in [2.24, 2.45) is 0 Å². The van der Waals surface area contributed by atoms with Crippen LogP contribution in [-0.2, 0) is 11.2 Å². The third kappa shape index (κ3) is 5.63. The van der Waals surface area contributed by atoms with Gasteiger partial charge in [-0.15, -0.1) is 0 Å². The Morgan fingerprint density at radius 1 is 1.07 bits per heavy atom. The minimum atomic E-state index is 0.0378. The van der Waals surface area contributed by atoms with E-state index in [0.29, 0.717) is 0 Å². The van der Waals surface area contributed by atoms with Crippen LogP contribution in [0.5, 0.6) is 11.5 Å². The molecule has 4 heteroatoms. The molecule has 29 heavy (non-hydrogen) atoms. The number of fused-ring (bicyclic) bond motifs is 1. The van der Waals surface area contributed by atoms with E-state index in [-0.39, 0.29) is 5.78 Å². The fourth-order valence-electron chi connectivity index (χ4n) is 3.49. The van der Waals surface area contributed by atoms with E-state index >= 15 is 0 Å². The summed E-state index contributed by atoms with van der Waals surface area (Å²) in [6.45, 7) is 8.77. The molecule has 2 aromatic rings. The third-order valence-corrected chi connectivity index (χ3v) is 4.75. The Morgan fingerprint density at radius 3 is 2.28 bits per heavy atom. The van der Waals surface area contributed by atoms with Crippen LogP contribution in [0.4, 0.5) is 5.69 Å². The summed E-state index contributed by atoms with van der Waals surface area (Å²) in [6, 6.07) is 12.1. The van der Waals surface area contributed by atoms with E-state index in [9.17, 15) is 4.79 Å². The number of aryl methyl sites for hydroxylation is 2. The van der Waals surface area contributed by atoms with Gasteiger partial charge in [0.05, 0.1) is 19.9 Å². The lowest BCUT2D eigenvalue weighted by Crippen LogP contribution is -2.28. The predicted molar refractivity (Wildman–Crippen MR) is 121 cm³/mol. The minimum Gasteiger partial charge on any atom is -0.497 e. The molecule has 1 aliphatic rings. The van der Waals surface area contributed by atoms with Crippen molar-refractivity contribution in [3.8, 4) is 11.5 Å². The molecule has 1 aliphatic heterocycles. The molecule has 0 aliphatic carbocycles. The van der Waals surface area contributed by atoms with Crippen LogP contribution in [0, 0.1) is 6.92 Å². The Kier molecular flexibility index (Phi) is 8.32. The van der Waals surface area contributed by atoms with E-state index < -0.39 is 0 Å². The first kappa shape index (κ1) is 22.5. The molecule has 0 bridgehead atoms. The quantitative estimate of drug-likeness (QED) is 0.599. The lowest BCUT2D eigenvalue weighted by molar-refractivity contribution is -0.112. The molecule has 0 aromatic heterocycles. The molecule has 1 heterocycles. The second kappa shape index (κ2) is 10.7. The maximum absolute atomic E-state index is 12.0. The van der Waals surface area contributed by atoms with Gasteiger partial charge in [0, 0.05) is 23.9 Å². The van der Waals surface area contributed by atoms with Crippen LogP contribution >= 0.6 is 0 Å². The lowest BCUT2D eigenvalue weighted by atomic mass is 9.97. The predicted octanol–water partition coefficient (Wildman–Crippen LogP) is 5.81. The van der Waals surface area contributed by atoms with Crippen LogP contribution in [0.1, 0.15) is 50.3 Å². The molecule has 156 valence electrons. The van der Waals surface area contributed by atoms with Gasteiger partial charge in [0.15, 0.2) is 5.78 Å². The van der Waals surface area contributed by atoms with Crippen LogP contribution in [0.2, 0.25) is 0 Å². The molecule has 0 atom stereocenters. The van der Waals surface area contributed by atoms with Gasteiger partial charge in [-0.25, -0.2) is 0 Å². The smallest absolute Gasteiger partial charge is 0.154 e. The number of carbonyl (C=O) groups is 1. The molecular formula is C25H33NO3. The summed E-state index contributed by atoms with van der Waals surface area (Å²) in [5.74, 6) is 1.72. The van der Waals surface area contributed by atoms with Gasteiger partial charge in [-0.3, -0.25) is 4.79 Å². The summed E-state index contributed by atoms with van der Waals surface area (Å²) in [5.41, 5.74) is 5.45. The van der Waals surface area contributed by atoms with E-state index in [4.69, 9.17) is 9.47 Å². The van der Waals surface area contributed by atoms with Gasteiger partial charge in [0.1, 0.15) is 11.5 Å². The number of rotatable bonds is 5. The first-order valence-electron chi connectivity index (χ1n) is 10.3. The van der Waals surface area contributed by atoms with Gasteiger partial charge in [-0.05, 0) is 74.2 Å². The van der Waals surface area contributed by atoms with Crippen LogP contribution in [-0.4, -0.2) is 26.5 Å².